The lowest BCUT2D eigenvalue weighted by molar-refractivity contribution is -0.349. The smallest absolute Gasteiger partial charge is 0.168 e. The Balaban J connectivity index is 1.87. The van der Waals surface area contributed by atoms with Crippen molar-refractivity contribution in [1.82, 2.24) is 0 Å². The lowest BCUT2D eigenvalue weighted by Crippen LogP contribution is -2.62. The van der Waals surface area contributed by atoms with E-state index in [4.69, 9.17) is 9.47 Å². The van der Waals surface area contributed by atoms with E-state index < -0.39 is 0 Å². The lowest BCUT2D eigenvalue weighted by atomic mass is 9.46. The van der Waals surface area contributed by atoms with Gasteiger partial charge in [-0.2, -0.15) is 0 Å². The highest BCUT2D eigenvalue weighted by atomic mass is 16.7. The van der Waals surface area contributed by atoms with E-state index in [1.165, 1.54) is 32.1 Å². The van der Waals surface area contributed by atoms with Crippen molar-refractivity contribution in [2.24, 2.45) is 34.5 Å². The molecule has 0 bridgehead atoms. The minimum Gasteiger partial charge on any atom is -0.349 e. The Labute approximate surface area is 150 Å². The zero-order chi connectivity index (χ0) is 17.6. The van der Waals surface area contributed by atoms with Crippen LogP contribution in [0.5, 0.6) is 0 Å². The van der Waals surface area contributed by atoms with Crippen LogP contribution in [0.25, 0.3) is 0 Å². The van der Waals surface area contributed by atoms with Gasteiger partial charge in [0.25, 0.3) is 0 Å². The van der Waals surface area contributed by atoms with Gasteiger partial charge >= 0.3 is 0 Å². The topological polar surface area (TPSA) is 18.5 Å². The van der Waals surface area contributed by atoms with Gasteiger partial charge in [0.1, 0.15) is 0 Å². The molecule has 2 unspecified atom stereocenters. The molecule has 2 aliphatic carbocycles. The molecule has 3 fully saturated rings. The second kappa shape index (κ2) is 6.58. The molecular weight excluding hydrogens is 296 g/mol. The second-order valence-electron chi connectivity index (χ2n) is 10.2. The van der Waals surface area contributed by atoms with Crippen molar-refractivity contribution >= 4 is 0 Å². The first-order valence-corrected chi connectivity index (χ1v) is 10.5. The van der Waals surface area contributed by atoms with Crippen LogP contribution in [0.15, 0.2) is 0 Å². The minimum absolute atomic E-state index is 0.207. The minimum atomic E-state index is -0.261. The van der Waals surface area contributed by atoms with Crippen LogP contribution in [-0.2, 0) is 9.47 Å². The van der Waals surface area contributed by atoms with Crippen molar-refractivity contribution < 1.29 is 9.47 Å². The van der Waals surface area contributed by atoms with Crippen molar-refractivity contribution in [3.05, 3.63) is 0 Å². The van der Waals surface area contributed by atoms with Crippen LogP contribution < -0.4 is 0 Å². The van der Waals surface area contributed by atoms with E-state index >= 15 is 0 Å². The molecule has 2 spiro atoms. The van der Waals surface area contributed by atoms with Crippen LogP contribution in [0.4, 0.5) is 0 Å². The van der Waals surface area contributed by atoms with Gasteiger partial charge in [-0.1, -0.05) is 54.4 Å². The maximum atomic E-state index is 6.65. The van der Waals surface area contributed by atoms with Gasteiger partial charge in [-0.25, -0.2) is 0 Å². The first kappa shape index (κ1) is 18.7. The third-order valence-corrected chi connectivity index (χ3v) is 7.97. The van der Waals surface area contributed by atoms with Gasteiger partial charge in [-0.05, 0) is 48.3 Å². The summed E-state index contributed by atoms with van der Waals surface area (Å²) in [7, 11) is 0. The van der Waals surface area contributed by atoms with E-state index in [1.54, 1.807) is 0 Å². The van der Waals surface area contributed by atoms with Crippen molar-refractivity contribution in [2.45, 2.75) is 92.3 Å². The fourth-order valence-corrected chi connectivity index (χ4v) is 6.90. The van der Waals surface area contributed by atoms with E-state index in [-0.39, 0.29) is 11.2 Å². The van der Waals surface area contributed by atoms with Crippen LogP contribution in [0.2, 0.25) is 0 Å². The van der Waals surface area contributed by atoms with Gasteiger partial charge in [-0.15, -0.1) is 0 Å². The fourth-order valence-electron chi connectivity index (χ4n) is 6.90. The summed E-state index contributed by atoms with van der Waals surface area (Å²) < 4.78 is 13.3. The predicted octanol–water partition coefficient (Wildman–Crippen LogP) is 6.04. The van der Waals surface area contributed by atoms with Crippen molar-refractivity contribution in [1.29, 1.82) is 0 Å². The molecule has 2 saturated carbocycles. The molecule has 0 radical (unpaired) electrons. The maximum absolute atomic E-state index is 6.65. The highest BCUT2D eigenvalue weighted by molar-refractivity contribution is 5.07. The average Bonchev–Trinajstić information content (AvgIpc) is 2.50. The Morgan fingerprint density at radius 1 is 0.792 bits per heavy atom. The summed E-state index contributed by atoms with van der Waals surface area (Å²) in [6.07, 6.45) is 8.74. The maximum Gasteiger partial charge on any atom is 0.168 e. The summed E-state index contributed by atoms with van der Waals surface area (Å²) in [5.74, 6) is 2.62. The summed E-state index contributed by atoms with van der Waals surface area (Å²) >= 11 is 0. The van der Waals surface area contributed by atoms with E-state index in [2.05, 4.69) is 41.5 Å². The molecule has 1 aliphatic heterocycles. The SMILES string of the molecule is CC1CCCC2(C1)OCC1(CO2)CC(C)CCC1(C(C)C)C(C)C. The van der Waals surface area contributed by atoms with Crippen LogP contribution in [0.3, 0.4) is 0 Å². The van der Waals surface area contributed by atoms with Gasteiger partial charge in [0.15, 0.2) is 5.79 Å². The molecule has 3 aliphatic rings. The fraction of sp³-hybridized carbons (Fsp3) is 1.00. The van der Waals surface area contributed by atoms with Crippen molar-refractivity contribution in [3.8, 4) is 0 Å². The quantitative estimate of drug-likeness (QED) is 0.611. The third-order valence-electron chi connectivity index (χ3n) is 7.97. The van der Waals surface area contributed by atoms with Gasteiger partial charge < -0.3 is 9.47 Å². The van der Waals surface area contributed by atoms with Crippen LogP contribution in [0, 0.1) is 34.5 Å². The molecule has 0 aromatic heterocycles. The average molecular weight is 337 g/mol. The molecule has 3 rings (SSSR count). The van der Waals surface area contributed by atoms with Gasteiger partial charge in [0.05, 0.1) is 13.2 Å². The Bertz CT molecular complexity index is 423. The highest BCUT2D eigenvalue weighted by Crippen LogP contribution is 2.62. The van der Waals surface area contributed by atoms with E-state index in [0.29, 0.717) is 17.3 Å². The molecule has 0 N–H and O–H groups in total. The Morgan fingerprint density at radius 3 is 1.92 bits per heavy atom. The Hall–Kier alpha value is -0.0800. The van der Waals surface area contributed by atoms with Gasteiger partial charge in [-0.3, -0.25) is 0 Å². The molecule has 2 atom stereocenters. The summed E-state index contributed by atoms with van der Waals surface area (Å²) in [6, 6.07) is 0. The summed E-state index contributed by atoms with van der Waals surface area (Å²) in [5.41, 5.74) is 0.556. The summed E-state index contributed by atoms with van der Waals surface area (Å²) in [5, 5.41) is 0. The highest BCUT2D eigenvalue weighted by Gasteiger charge is 2.60. The Morgan fingerprint density at radius 2 is 1.38 bits per heavy atom. The zero-order valence-corrected chi connectivity index (χ0v) is 17.0. The molecule has 0 aromatic carbocycles. The largest absolute Gasteiger partial charge is 0.349 e. The Kier molecular flexibility index (Phi) is 5.13. The number of ether oxygens (including phenoxy) is 2. The van der Waals surface area contributed by atoms with Gasteiger partial charge in [0.2, 0.25) is 0 Å². The second-order valence-corrected chi connectivity index (χ2v) is 10.2. The van der Waals surface area contributed by atoms with Gasteiger partial charge in [0, 0.05) is 18.3 Å². The first-order chi connectivity index (χ1) is 11.3. The van der Waals surface area contributed by atoms with Crippen LogP contribution in [-0.4, -0.2) is 19.0 Å². The van der Waals surface area contributed by atoms with Crippen molar-refractivity contribution in [2.75, 3.05) is 13.2 Å². The van der Waals surface area contributed by atoms with Crippen molar-refractivity contribution in [3.63, 3.8) is 0 Å². The standard InChI is InChI=1S/C22H40O2/c1-16(2)22(17(3)4)11-9-19(6)12-20(22)14-23-21(24-15-20)10-7-8-18(5)13-21/h16-19H,7-15H2,1-6H3. The first-order valence-electron chi connectivity index (χ1n) is 10.5. The van der Waals surface area contributed by atoms with E-state index in [1.807, 2.05) is 0 Å². The van der Waals surface area contributed by atoms with E-state index in [9.17, 15) is 0 Å². The molecule has 2 heteroatoms. The van der Waals surface area contributed by atoms with Crippen LogP contribution in [0.1, 0.15) is 86.5 Å². The molecule has 24 heavy (non-hydrogen) atoms. The third kappa shape index (κ3) is 2.86. The molecule has 0 amide bonds. The molecule has 2 nitrogen and oxygen atoms in total. The molecule has 1 heterocycles. The zero-order valence-electron chi connectivity index (χ0n) is 17.0. The molecule has 1 saturated heterocycles. The molecule has 140 valence electrons. The normalized spacial score (nSPS) is 35.0. The number of hydrogen-bond acceptors (Lipinski definition) is 2. The monoisotopic (exact) mass is 336 g/mol. The summed E-state index contributed by atoms with van der Waals surface area (Å²) in [4.78, 5) is 0. The lowest BCUT2D eigenvalue weighted by Gasteiger charge is -2.63. The predicted molar refractivity (Wildman–Crippen MR) is 99.8 cm³/mol. The molecule has 0 aromatic rings. The van der Waals surface area contributed by atoms with E-state index in [0.717, 1.165) is 37.9 Å². The summed E-state index contributed by atoms with van der Waals surface area (Å²) in [6.45, 7) is 16.4. The number of rotatable bonds is 2. The molecular formula is C22H40O2. The van der Waals surface area contributed by atoms with Crippen LogP contribution >= 0.6 is 0 Å². The number of hydrogen-bond donors (Lipinski definition) is 0.